The highest BCUT2D eigenvalue weighted by Crippen LogP contribution is 2.33. The molecule has 0 aromatic heterocycles. The Morgan fingerprint density at radius 2 is 1.83 bits per heavy atom. The first kappa shape index (κ1) is 15.7. The molecule has 2 atom stereocenters. The van der Waals surface area contributed by atoms with Crippen LogP contribution in [0.1, 0.15) is 55.7 Å². The fourth-order valence-corrected chi connectivity index (χ4v) is 4.17. The topological polar surface area (TPSA) is 49.4 Å². The van der Waals surface area contributed by atoms with E-state index in [9.17, 15) is 9.59 Å². The molecular weight excluding hydrogens is 300 g/mol. The van der Waals surface area contributed by atoms with Crippen molar-refractivity contribution in [2.45, 2.75) is 51.0 Å². The molecule has 2 aliphatic carbocycles. The van der Waals surface area contributed by atoms with Gasteiger partial charge in [-0.1, -0.05) is 24.3 Å². The van der Waals surface area contributed by atoms with Gasteiger partial charge in [-0.3, -0.25) is 9.59 Å². The van der Waals surface area contributed by atoms with Crippen molar-refractivity contribution in [3.05, 3.63) is 35.4 Å². The van der Waals surface area contributed by atoms with Gasteiger partial charge in [-0.15, -0.1) is 0 Å². The molecule has 3 aliphatic rings. The Morgan fingerprint density at radius 3 is 2.67 bits per heavy atom. The van der Waals surface area contributed by atoms with Crippen molar-refractivity contribution in [3.63, 3.8) is 0 Å². The molecule has 1 saturated heterocycles. The van der Waals surface area contributed by atoms with Gasteiger partial charge < -0.3 is 10.2 Å². The van der Waals surface area contributed by atoms with Crippen molar-refractivity contribution in [2.24, 2.45) is 11.8 Å². The number of amides is 2. The molecule has 0 radical (unpaired) electrons. The number of likely N-dealkylation sites (tertiary alicyclic amines) is 1. The molecule has 2 fully saturated rings. The van der Waals surface area contributed by atoms with Crippen molar-refractivity contribution in [2.75, 3.05) is 13.1 Å². The number of benzene rings is 1. The van der Waals surface area contributed by atoms with E-state index in [-0.39, 0.29) is 29.7 Å². The number of piperidine rings is 1. The van der Waals surface area contributed by atoms with Gasteiger partial charge in [0.05, 0.1) is 12.0 Å². The minimum Gasteiger partial charge on any atom is -0.349 e. The molecule has 1 N–H and O–H groups in total. The molecule has 4 rings (SSSR count). The highest BCUT2D eigenvalue weighted by Gasteiger charge is 2.37. The molecule has 0 bridgehead atoms. The Morgan fingerprint density at radius 1 is 1.00 bits per heavy atom. The van der Waals surface area contributed by atoms with Gasteiger partial charge in [0.25, 0.3) is 0 Å². The zero-order chi connectivity index (χ0) is 16.5. The summed E-state index contributed by atoms with van der Waals surface area (Å²) >= 11 is 0. The average Bonchev–Trinajstić information content (AvgIpc) is 3.47. The third-order valence-corrected chi connectivity index (χ3v) is 5.72. The number of carbonyl (C=O) groups excluding carboxylic acids is 2. The summed E-state index contributed by atoms with van der Waals surface area (Å²) in [6.07, 6.45) is 7.15. The summed E-state index contributed by atoms with van der Waals surface area (Å²) in [5, 5.41) is 3.27. The largest absolute Gasteiger partial charge is 0.349 e. The van der Waals surface area contributed by atoms with E-state index in [1.54, 1.807) is 0 Å². The van der Waals surface area contributed by atoms with Crippen molar-refractivity contribution >= 4 is 11.8 Å². The van der Waals surface area contributed by atoms with E-state index in [0.29, 0.717) is 6.54 Å². The molecule has 2 amide bonds. The van der Waals surface area contributed by atoms with Crippen LogP contribution in [0.25, 0.3) is 0 Å². The summed E-state index contributed by atoms with van der Waals surface area (Å²) in [5.74, 6) is 0.605. The number of nitrogens with zero attached hydrogens (tertiary/aromatic N) is 1. The maximum Gasteiger partial charge on any atom is 0.225 e. The lowest BCUT2D eigenvalue weighted by Crippen LogP contribution is -2.46. The standard InChI is InChI=1S/C20H26N2O2/c23-19(16-7-4-12-22(13-16)20(24)15-10-11-15)21-18-9-3-6-14-5-1-2-8-17(14)18/h1-2,5,8,15-16,18H,3-4,6-7,9-13H2,(H,21,23)/t16-,18-/m0/s1. The highest BCUT2D eigenvalue weighted by atomic mass is 16.2. The first-order chi connectivity index (χ1) is 11.7. The van der Waals surface area contributed by atoms with Crippen LogP contribution in [-0.4, -0.2) is 29.8 Å². The van der Waals surface area contributed by atoms with E-state index < -0.39 is 0 Å². The molecule has 0 spiro atoms. The predicted octanol–water partition coefficient (Wildman–Crippen LogP) is 2.83. The smallest absolute Gasteiger partial charge is 0.225 e. The van der Waals surface area contributed by atoms with Crippen LogP contribution in [0.5, 0.6) is 0 Å². The van der Waals surface area contributed by atoms with Crippen LogP contribution in [0.2, 0.25) is 0 Å². The first-order valence-corrected chi connectivity index (χ1v) is 9.39. The zero-order valence-corrected chi connectivity index (χ0v) is 14.2. The molecule has 1 heterocycles. The lowest BCUT2D eigenvalue weighted by molar-refractivity contribution is -0.137. The summed E-state index contributed by atoms with van der Waals surface area (Å²) in [5.41, 5.74) is 2.64. The molecule has 1 aliphatic heterocycles. The Kier molecular flexibility index (Phi) is 4.30. The second-order valence-corrected chi connectivity index (χ2v) is 7.55. The van der Waals surface area contributed by atoms with Crippen LogP contribution in [0.3, 0.4) is 0 Å². The summed E-state index contributed by atoms with van der Waals surface area (Å²) in [7, 11) is 0. The van der Waals surface area contributed by atoms with Gasteiger partial charge in [-0.25, -0.2) is 0 Å². The Bertz CT molecular complexity index is 638. The molecule has 4 nitrogen and oxygen atoms in total. The van der Waals surface area contributed by atoms with Crippen LogP contribution in [0.15, 0.2) is 24.3 Å². The number of aryl methyl sites for hydroxylation is 1. The fraction of sp³-hybridized carbons (Fsp3) is 0.600. The number of fused-ring (bicyclic) bond motifs is 1. The third-order valence-electron chi connectivity index (χ3n) is 5.72. The first-order valence-electron chi connectivity index (χ1n) is 9.39. The summed E-state index contributed by atoms with van der Waals surface area (Å²) in [6, 6.07) is 8.58. The molecule has 1 aromatic carbocycles. The van der Waals surface area contributed by atoms with Gasteiger partial charge in [0, 0.05) is 19.0 Å². The normalized spacial score (nSPS) is 26.6. The number of rotatable bonds is 3. The molecule has 128 valence electrons. The molecule has 24 heavy (non-hydrogen) atoms. The van der Waals surface area contributed by atoms with Gasteiger partial charge in [-0.05, 0) is 56.1 Å². The number of hydrogen-bond donors (Lipinski definition) is 1. The highest BCUT2D eigenvalue weighted by molar-refractivity contribution is 5.83. The second kappa shape index (κ2) is 6.58. The van der Waals surface area contributed by atoms with Crippen molar-refractivity contribution in [1.29, 1.82) is 0 Å². The maximum atomic E-state index is 12.8. The van der Waals surface area contributed by atoms with Crippen LogP contribution in [0, 0.1) is 11.8 Å². The van der Waals surface area contributed by atoms with Crippen LogP contribution in [-0.2, 0) is 16.0 Å². The molecule has 1 aromatic rings. The van der Waals surface area contributed by atoms with Gasteiger partial charge >= 0.3 is 0 Å². The lowest BCUT2D eigenvalue weighted by atomic mass is 9.87. The molecule has 0 unspecified atom stereocenters. The van der Waals surface area contributed by atoms with Crippen molar-refractivity contribution < 1.29 is 9.59 Å². The van der Waals surface area contributed by atoms with E-state index in [1.807, 2.05) is 4.90 Å². The minimum absolute atomic E-state index is 0.0458. The Hall–Kier alpha value is -1.84. The zero-order valence-electron chi connectivity index (χ0n) is 14.2. The van der Waals surface area contributed by atoms with Crippen LogP contribution in [0.4, 0.5) is 0 Å². The van der Waals surface area contributed by atoms with Gasteiger partial charge in [0.15, 0.2) is 0 Å². The van der Waals surface area contributed by atoms with Crippen molar-refractivity contribution in [1.82, 2.24) is 10.2 Å². The van der Waals surface area contributed by atoms with E-state index in [0.717, 1.165) is 51.5 Å². The SMILES string of the molecule is O=C(N[C@H]1CCCc2ccccc21)[C@H]1CCCN(C(=O)C2CC2)C1. The molecule has 4 heteroatoms. The van der Waals surface area contributed by atoms with E-state index in [2.05, 4.69) is 29.6 Å². The monoisotopic (exact) mass is 326 g/mol. The third kappa shape index (κ3) is 3.19. The summed E-state index contributed by atoms with van der Waals surface area (Å²) in [6.45, 7) is 1.43. The number of carbonyl (C=O) groups is 2. The van der Waals surface area contributed by atoms with E-state index >= 15 is 0 Å². The number of nitrogens with one attached hydrogen (secondary N) is 1. The second-order valence-electron chi connectivity index (χ2n) is 7.55. The minimum atomic E-state index is -0.0458. The lowest BCUT2D eigenvalue weighted by Gasteiger charge is -2.34. The van der Waals surface area contributed by atoms with Crippen LogP contribution >= 0.6 is 0 Å². The van der Waals surface area contributed by atoms with E-state index in [1.165, 1.54) is 11.1 Å². The predicted molar refractivity (Wildman–Crippen MR) is 92.3 cm³/mol. The quantitative estimate of drug-likeness (QED) is 0.928. The molecule has 1 saturated carbocycles. The summed E-state index contributed by atoms with van der Waals surface area (Å²) < 4.78 is 0. The summed E-state index contributed by atoms with van der Waals surface area (Å²) in [4.78, 5) is 27.0. The van der Waals surface area contributed by atoms with E-state index in [4.69, 9.17) is 0 Å². The maximum absolute atomic E-state index is 12.8. The Balaban J connectivity index is 1.40. The average molecular weight is 326 g/mol. The van der Waals surface area contributed by atoms with Gasteiger partial charge in [0.1, 0.15) is 0 Å². The fourth-order valence-electron chi connectivity index (χ4n) is 4.17. The van der Waals surface area contributed by atoms with Crippen molar-refractivity contribution in [3.8, 4) is 0 Å². The van der Waals surface area contributed by atoms with Gasteiger partial charge in [-0.2, -0.15) is 0 Å². The number of hydrogen-bond acceptors (Lipinski definition) is 2. The van der Waals surface area contributed by atoms with Crippen LogP contribution < -0.4 is 5.32 Å². The Labute approximate surface area is 143 Å². The molecular formula is C20H26N2O2. The van der Waals surface area contributed by atoms with Gasteiger partial charge in [0.2, 0.25) is 11.8 Å².